The number of aryl methyl sites for hydroxylation is 1. The van der Waals surface area contributed by atoms with Crippen molar-refractivity contribution in [1.82, 2.24) is 0 Å². The van der Waals surface area contributed by atoms with Crippen LogP contribution in [-0.2, 0) is 12.8 Å². The zero-order valence-corrected chi connectivity index (χ0v) is 19.5. The maximum Gasteiger partial charge on any atom is 0.259 e. The number of benzene rings is 3. The largest absolute Gasteiger partial charge is 0.493 e. The van der Waals surface area contributed by atoms with Gasteiger partial charge in [-0.05, 0) is 67.1 Å². The molecule has 5 heteroatoms. The van der Waals surface area contributed by atoms with Crippen LogP contribution in [0.4, 0.5) is 10.7 Å². The van der Waals surface area contributed by atoms with Crippen LogP contribution in [0, 0.1) is 0 Å². The van der Waals surface area contributed by atoms with Crippen LogP contribution in [0.1, 0.15) is 46.1 Å². The van der Waals surface area contributed by atoms with Gasteiger partial charge in [-0.15, -0.1) is 11.3 Å². The average Bonchev–Trinajstić information content (AvgIpc) is 3.22. The van der Waals surface area contributed by atoms with E-state index in [0.29, 0.717) is 12.2 Å². The number of nitrogens with one attached hydrogen (secondary N) is 1. The van der Waals surface area contributed by atoms with Crippen LogP contribution in [0.15, 0.2) is 71.7 Å². The molecule has 0 spiro atoms. The summed E-state index contributed by atoms with van der Waals surface area (Å²) in [5.41, 5.74) is 3.61. The quantitative estimate of drug-likeness (QED) is 0.314. The van der Waals surface area contributed by atoms with Gasteiger partial charge in [0.1, 0.15) is 10.8 Å². The van der Waals surface area contributed by atoms with Crippen molar-refractivity contribution in [1.29, 1.82) is 0 Å². The Hall–Kier alpha value is -3.44. The van der Waals surface area contributed by atoms with Crippen LogP contribution in [0.5, 0.6) is 5.75 Å². The molecular weight excluding hydrogens is 428 g/mol. The zero-order valence-electron chi connectivity index (χ0n) is 18.6. The van der Waals surface area contributed by atoms with Crippen molar-refractivity contribution < 1.29 is 9.53 Å². The Balaban J connectivity index is 1.57. The van der Waals surface area contributed by atoms with Crippen molar-refractivity contribution in [3.63, 3.8) is 0 Å². The number of rotatable bonds is 6. The third kappa shape index (κ3) is 4.41. The van der Waals surface area contributed by atoms with Gasteiger partial charge in [0.05, 0.1) is 12.2 Å². The summed E-state index contributed by atoms with van der Waals surface area (Å²) in [5, 5.41) is 6.05. The minimum Gasteiger partial charge on any atom is -0.493 e. The van der Waals surface area contributed by atoms with Crippen LogP contribution in [0.25, 0.3) is 10.8 Å². The molecule has 1 aliphatic carbocycles. The lowest BCUT2D eigenvalue weighted by molar-refractivity contribution is 0.102. The molecular formula is C28H26N2O2S. The van der Waals surface area contributed by atoms with Gasteiger partial charge in [-0.3, -0.25) is 4.79 Å². The number of ether oxygens (including phenoxy) is 1. The molecule has 1 aliphatic rings. The van der Waals surface area contributed by atoms with Crippen LogP contribution in [0.3, 0.4) is 0 Å². The molecule has 0 aliphatic heterocycles. The molecule has 33 heavy (non-hydrogen) atoms. The van der Waals surface area contributed by atoms with Crippen LogP contribution >= 0.6 is 11.3 Å². The van der Waals surface area contributed by atoms with Crippen LogP contribution < -0.4 is 10.1 Å². The maximum atomic E-state index is 13.4. The number of aliphatic imine (C=N–C) groups is 1. The summed E-state index contributed by atoms with van der Waals surface area (Å²) in [6.07, 6.45) is 6.07. The van der Waals surface area contributed by atoms with E-state index < -0.39 is 0 Å². The third-order valence-electron chi connectivity index (χ3n) is 5.95. The van der Waals surface area contributed by atoms with E-state index in [2.05, 4.69) is 23.5 Å². The number of thiophene rings is 1. The summed E-state index contributed by atoms with van der Waals surface area (Å²) in [5.74, 6) is 0.715. The monoisotopic (exact) mass is 454 g/mol. The van der Waals surface area contributed by atoms with E-state index >= 15 is 0 Å². The molecule has 5 rings (SSSR count). The summed E-state index contributed by atoms with van der Waals surface area (Å²) < 4.78 is 5.90. The van der Waals surface area contributed by atoms with Gasteiger partial charge in [0, 0.05) is 22.3 Å². The third-order valence-corrected chi connectivity index (χ3v) is 7.15. The zero-order chi connectivity index (χ0) is 22.6. The van der Waals surface area contributed by atoms with Crippen molar-refractivity contribution in [2.45, 2.75) is 32.6 Å². The Morgan fingerprint density at radius 3 is 2.67 bits per heavy atom. The van der Waals surface area contributed by atoms with E-state index in [-0.39, 0.29) is 5.91 Å². The lowest BCUT2D eigenvalue weighted by Gasteiger charge is -2.13. The highest BCUT2D eigenvalue weighted by atomic mass is 32.1. The van der Waals surface area contributed by atoms with Crippen molar-refractivity contribution >= 4 is 44.9 Å². The number of carbonyl (C=O) groups is 1. The Kier molecular flexibility index (Phi) is 6.22. The molecule has 0 saturated carbocycles. The summed E-state index contributed by atoms with van der Waals surface area (Å²) in [6.45, 7) is 2.56. The molecule has 0 bridgehead atoms. The fourth-order valence-electron chi connectivity index (χ4n) is 4.40. The van der Waals surface area contributed by atoms with Gasteiger partial charge in [0.15, 0.2) is 0 Å². The Labute approximate surface area is 198 Å². The van der Waals surface area contributed by atoms with Crippen molar-refractivity contribution in [3.05, 3.63) is 88.3 Å². The van der Waals surface area contributed by atoms with Crippen LogP contribution in [0.2, 0.25) is 0 Å². The van der Waals surface area contributed by atoms with Gasteiger partial charge in [0.2, 0.25) is 0 Å². The molecule has 1 aromatic heterocycles. The molecule has 1 amide bonds. The van der Waals surface area contributed by atoms with Gasteiger partial charge < -0.3 is 10.1 Å². The van der Waals surface area contributed by atoms with Gasteiger partial charge >= 0.3 is 0 Å². The summed E-state index contributed by atoms with van der Waals surface area (Å²) >= 11 is 1.65. The lowest BCUT2D eigenvalue weighted by Crippen LogP contribution is -2.14. The molecule has 0 atom stereocenters. The second-order valence-electron chi connectivity index (χ2n) is 8.10. The smallest absolute Gasteiger partial charge is 0.259 e. The first-order valence-corrected chi connectivity index (χ1v) is 12.3. The number of hydrogen-bond acceptors (Lipinski definition) is 4. The second kappa shape index (κ2) is 9.59. The number of fused-ring (bicyclic) bond motifs is 2. The minimum absolute atomic E-state index is 0.0873. The van der Waals surface area contributed by atoms with E-state index in [1.54, 1.807) is 11.3 Å². The SMILES string of the molecule is CCOc1ccc2ccccc2c1C=Nc1sc2c(c1C(=O)Nc1ccccc1)CCCC2. The average molecular weight is 455 g/mol. The fourth-order valence-corrected chi connectivity index (χ4v) is 5.64. The Bertz CT molecular complexity index is 1320. The summed E-state index contributed by atoms with van der Waals surface area (Å²) in [6, 6.07) is 21.9. The summed E-state index contributed by atoms with van der Waals surface area (Å²) in [7, 11) is 0. The summed E-state index contributed by atoms with van der Waals surface area (Å²) in [4.78, 5) is 19.5. The number of nitrogens with zero attached hydrogens (tertiary/aromatic N) is 1. The van der Waals surface area contributed by atoms with E-state index in [1.165, 1.54) is 4.88 Å². The predicted molar refractivity (Wildman–Crippen MR) is 138 cm³/mol. The highest BCUT2D eigenvalue weighted by molar-refractivity contribution is 7.16. The topological polar surface area (TPSA) is 50.7 Å². The first-order valence-electron chi connectivity index (χ1n) is 11.4. The van der Waals surface area contributed by atoms with Gasteiger partial charge in [-0.25, -0.2) is 4.99 Å². The minimum atomic E-state index is -0.0873. The first-order chi connectivity index (χ1) is 16.2. The Morgan fingerprint density at radius 2 is 1.82 bits per heavy atom. The molecule has 4 aromatic rings. The number of carbonyl (C=O) groups excluding carboxylic acids is 1. The van der Waals surface area contributed by atoms with Gasteiger partial charge in [-0.1, -0.05) is 48.5 Å². The number of hydrogen-bond donors (Lipinski definition) is 1. The second-order valence-corrected chi connectivity index (χ2v) is 9.18. The molecule has 0 unspecified atom stereocenters. The molecule has 1 heterocycles. The standard InChI is InChI=1S/C28H26N2O2S/c1-2-32-24-17-16-19-10-6-7-13-21(19)23(24)18-29-28-26(22-14-8-9-15-25(22)33-28)27(31)30-20-11-4-3-5-12-20/h3-7,10-13,16-18H,2,8-9,14-15H2,1H3,(H,30,31). The fraction of sp³-hybridized carbons (Fsp3) is 0.214. The van der Waals surface area contributed by atoms with Gasteiger partial charge in [0.25, 0.3) is 5.91 Å². The number of anilines is 1. The van der Waals surface area contributed by atoms with Crippen molar-refractivity contribution in [2.75, 3.05) is 11.9 Å². The predicted octanol–water partition coefficient (Wildman–Crippen LogP) is 7.18. The number of para-hydroxylation sites is 1. The molecule has 1 N–H and O–H groups in total. The van der Waals surface area contributed by atoms with Crippen LogP contribution in [-0.4, -0.2) is 18.7 Å². The van der Waals surface area contributed by atoms with E-state index in [4.69, 9.17) is 9.73 Å². The molecule has 3 aromatic carbocycles. The van der Waals surface area contributed by atoms with Crippen molar-refractivity contribution in [2.24, 2.45) is 4.99 Å². The lowest BCUT2D eigenvalue weighted by atomic mass is 9.95. The first kappa shape index (κ1) is 21.4. The normalized spacial score (nSPS) is 13.2. The highest BCUT2D eigenvalue weighted by Crippen LogP contribution is 2.40. The van der Waals surface area contributed by atoms with E-state index in [1.807, 2.05) is 61.7 Å². The maximum absolute atomic E-state index is 13.4. The van der Waals surface area contributed by atoms with Gasteiger partial charge in [-0.2, -0.15) is 0 Å². The molecule has 0 saturated heterocycles. The van der Waals surface area contributed by atoms with Crippen molar-refractivity contribution in [3.8, 4) is 5.75 Å². The molecule has 0 fully saturated rings. The van der Waals surface area contributed by atoms with E-state index in [0.717, 1.165) is 64.0 Å². The Morgan fingerprint density at radius 1 is 1.03 bits per heavy atom. The molecule has 166 valence electrons. The highest BCUT2D eigenvalue weighted by Gasteiger charge is 2.25. The number of amides is 1. The molecule has 0 radical (unpaired) electrons. The molecule has 4 nitrogen and oxygen atoms in total. The van der Waals surface area contributed by atoms with E-state index in [9.17, 15) is 4.79 Å².